The van der Waals surface area contributed by atoms with E-state index in [1.54, 1.807) is 12.1 Å². The molecule has 0 bridgehead atoms. The third kappa shape index (κ3) is 4.11. The lowest BCUT2D eigenvalue weighted by atomic mass is 10.1. The molecule has 0 aliphatic rings. The Bertz CT molecular complexity index is 701. The summed E-state index contributed by atoms with van der Waals surface area (Å²) in [5, 5.41) is 5.51. The number of rotatable bonds is 2. The highest BCUT2D eigenvalue weighted by Crippen LogP contribution is 2.36. The number of benzene rings is 2. The van der Waals surface area contributed by atoms with E-state index in [-0.39, 0.29) is 15.8 Å². The lowest BCUT2D eigenvalue weighted by Gasteiger charge is -2.17. The number of nitrogens with one attached hydrogen (secondary N) is 2. The second kappa shape index (κ2) is 6.54. The van der Waals surface area contributed by atoms with Crippen molar-refractivity contribution in [1.82, 2.24) is 0 Å². The second-order valence-corrected chi connectivity index (χ2v) is 5.43. The number of para-hydroxylation sites is 1. The molecule has 2 nitrogen and oxygen atoms in total. The van der Waals surface area contributed by atoms with Gasteiger partial charge in [-0.2, -0.15) is 13.2 Å². The SMILES string of the molecule is Cc1ccccc1NC(=S)Nc1ccc(Cl)cc1C(F)(F)F. The zero-order valence-electron chi connectivity index (χ0n) is 11.5. The van der Waals surface area contributed by atoms with Crippen LogP contribution in [0.25, 0.3) is 0 Å². The van der Waals surface area contributed by atoms with E-state index in [2.05, 4.69) is 10.6 Å². The number of aryl methyl sites for hydroxylation is 1. The van der Waals surface area contributed by atoms with Gasteiger partial charge in [0.05, 0.1) is 11.3 Å². The first-order valence-electron chi connectivity index (χ1n) is 6.28. The van der Waals surface area contributed by atoms with Crippen LogP contribution in [-0.2, 0) is 6.18 Å². The van der Waals surface area contributed by atoms with Crippen molar-refractivity contribution in [3.8, 4) is 0 Å². The summed E-state index contributed by atoms with van der Waals surface area (Å²) in [4.78, 5) is 0. The van der Waals surface area contributed by atoms with Gasteiger partial charge in [0, 0.05) is 10.7 Å². The summed E-state index contributed by atoms with van der Waals surface area (Å²) in [7, 11) is 0. The normalized spacial score (nSPS) is 11.1. The summed E-state index contributed by atoms with van der Waals surface area (Å²) in [6.45, 7) is 1.87. The Hall–Kier alpha value is -1.79. The van der Waals surface area contributed by atoms with Crippen molar-refractivity contribution in [1.29, 1.82) is 0 Å². The highest BCUT2D eigenvalue weighted by molar-refractivity contribution is 7.80. The summed E-state index contributed by atoms with van der Waals surface area (Å²) < 4.78 is 39.0. The molecular formula is C15H12ClF3N2S. The number of thiocarbonyl (C=S) groups is 1. The molecule has 7 heteroatoms. The zero-order valence-corrected chi connectivity index (χ0v) is 13.0. The van der Waals surface area contributed by atoms with Gasteiger partial charge in [-0.1, -0.05) is 29.8 Å². The third-order valence-corrected chi connectivity index (χ3v) is 3.37. The molecule has 0 aliphatic carbocycles. The number of anilines is 2. The number of hydrogen-bond acceptors (Lipinski definition) is 1. The van der Waals surface area contributed by atoms with Crippen molar-refractivity contribution < 1.29 is 13.2 Å². The zero-order chi connectivity index (χ0) is 16.3. The van der Waals surface area contributed by atoms with Gasteiger partial charge in [-0.05, 0) is 49.0 Å². The fourth-order valence-corrected chi connectivity index (χ4v) is 2.24. The van der Waals surface area contributed by atoms with Crippen LogP contribution in [0.3, 0.4) is 0 Å². The Kier molecular flexibility index (Phi) is 4.93. The maximum atomic E-state index is 13.0. The Balaban J connectivity index is 2.21. The average Bonchev–Trinajstić information content (AvgIpc) is 2.42. The minimum Gasteiger partial charge on any atom is -0.332 e. The van der Waals surface area contributed by atoms with Gasteiger partial charge in [-0.3, -0.25) is 0 Å². The Morgan fingerprint density at radius 1 is 1.05 bits per heavy atom. The van der Waals surface area contributed by atoms with Gasteiger partial charge < -0.3 is 10.6 Å². The topological polar surface area (TPSA) is 24.1 Å². The van der Waals surface area contributed by atoms with E-state index in [1.807, 2.05) is 19.1 Å². The van der Waals surface area contributed by atoms with Crippen LogP contribution in [0.1, 0.15) is 11.1 Å². The van der Waals surface area contributed by atoms with Gasteiger partial charge in [0.1, 0.15) is 0 Å². The van der Waals surface area contributed by atoms with E-state index in [9.17, 15) is 13.2 Å². The summed E-state index contributed by atoms with van der Waals surface area (Å²) in [5.74, 6) is 0. The Morgan fingerprint density at radius 2 is 1.68 bits per heavy atom. The van der Waals surface area contributed by atoms with Crippen LogP contribution in [0.2, 0.25) is 5.02 Å². The molecule has 0 saturated carbocycles. The molecule has 0 heterocycles. The smallest absolute Gasteiger partial charge is 0.332 e. The number of halogens is 4. The van der Waals surface area contributed by atoms with Gasteiger partial charge in [-0.15, -0.1) is 0 Å². The van der Waals surface area contributed by atoms with E-state index in [0.717, 1.165) is 17.3 Å². The van der Waals surface area contributed by atoms with Crippen LogP contribution in [0.15, 0.2) is 42.5 Å². The first kappa shape index (κ1) is 16.6. The van der Waals surface area contributed by atoms with Crippen molar-refractivity contribution >= 4 is 40.3 Å². The number of alkyl halides is 3. The summed E-state index contributed by atoms with van der Waals surface area (Å²) >= 11 is 10.7. The average molecular weight is 345 g/mol. The quantitative estimate of drug-likeness (QED) is 0.706. The predicted octanol–water partition coefficient (Wildman–Crippen LogP) is 5.48. The molecule has 0 aliphatic heterocycles. The lowest BCUT2D eigenvalue weighted by Crippen LogP contribution is -2.22. The molecule has 0 amide bonds. The van der Waals surface area contributed by atoms with E-state index in [4.69, 9.17) is 23.8 Å². The van der Waals surface area contributed by atoms with Crippen molar-refractivity contribution in [3.05, 3.63) is 58.6 Å². The number of hydrogen-bond donors (Lipinski definition) is 2. The molecule has 2 aromatic rings. The molecule has 0 unspecified atom stereocenters. The van der Waals surface area contributed by atoms with Gasteiger partial charge in [0.15, 0.2) is 5.11 Å². The van der Waals surface area contributed by atoms with Crippen LogP contribution in [0, 0.1) is 6.92 Å². The molecule has 22 heavy (non-hydrogen) atoms. The molecule has 2 aromatic carbocycles. The molecule has 0 atom stereocenters. The molecule has 0 saturated heterocycles. The fraction of sp³-hybridized carbons (Fsp3) is 0.133. The fourth-order valence-electron chi connectivity index (χ4n) is 1.85. The van der Waals surface area contributed by atoms with Crippen LogP contribution >= 0.6 is 23.8 Å². The third-order valence-electron chi connectivity index (χ3n) is 2.93. The van der Waals surface area contributed by atoms with Crippen molar-refractivity contribution in [2.75, 3.05) is 10.6 Å². The van der Waals surface area contributed by atoms with Crippen LogP contribution < -0.4 is 10.6 Å². The molecule has 116 valence electrons. The molecule has 2 N–H and O–H groups in total. The van der Waals surface area contributed by atoms with E-state index < -0.39 is 11.7 Å². The highest BCUT2D eigenvalue weighted by Gasteiger charge is 2.34. The molecular weight excluding hydrogens is 333 g/mol. The van der Waals surface area contributed by atoms with Crippen molar-refractivity contribution in [2.45, 2.75) is 13.1 Å². The van der Waals surface area contributed by atoms with Crippen LogP contribution in [0.5, 0.6) is 0 Å². The summed E-state index contributed by atoms with van der Waals surface area (Å²) in [5.41, 5.74) is 0.637. The molecule has 0 radical (unpaired) electrons. The van der Waals surface area contributed by atoms with Crippen molar-refractivity contribution in [2.24, 2.45) is 0 Å². The minimum atomic E-state index is -4.52. The highest BCUT2D eigenvalue weighted by atomic mass is 35.5. The molecule has 0 spiro atoms. The summed E-state index contributed by atoms with van der Waals surface area (Å²) in [6.07, 6.45) is -4.52. The maximum Gasteiger partial charge on any atom is 0.418 e. The van der Waals surface area contributed by atoms with E-state index in [0.29, 0.717) is 0 Å². The lowest BCUT2D eigenvalue weighted by molar-refractivity contribution is -0.136. The molecule has 2 rings (SSSR count). The van der Waals surface area contributed by atoms with Gasteiger partial charge in [0.25, 0.3) is 0 Å². The summed E-state index contributed by atoms with van der Waals surface area (Å²) in [6, 6.07) is 10.8. The van der Waals surface area contributed by atoms with Crippen LogP contribution in [0.4, 0.5) is 24.5 Å². The predicted molar refractivity (Wildman–Crippen MR) is 87.5 cm³/mol. The monoisotopic (exact) mass is 344 g/mol. The first-order chi connectivity index (χ1) is 10.3. The van der Waals surface area contributed by atoms with E-state index in [1.165, 1.54) is 12.1 Å². The van der Waals surface area contributed by atoms with Crippen LogP contribution in [-0.4, -0.2) is 5.11 Å². The minimum absolute atomic E-state index is 0.00987. The maximum absolute atomic E-state index is 13.0. The van der Waals surface area contributed by atoms with Gasteiger partial charge >= 0.3 is 6.18 Å². The van der Waals surface area contributed by atoms with Gasteiger partial charge in [0.2, 0.25) is 0 Å². The standard InChI is InChI=1S/C15H12ClF3N2S/c1-9-4-2-3-5-12(9)20-14(22)21-13-7-6-10(16)8-11(13)15(17,18)19/h2-8H,1H3,(H2,20,21,22). The Labute approximate surface area is 136 Å². The van der Waals surface area contributed by atoms with Crippen molar-refractivity contribution in [3.63, 3.8) is 0 Å². The first-order valence-corrected chi connectivity index (χ1v) is 7.06. The van der Waals surface area contributed by atoms with Gasteiger partial charge in [-0.25, -0.2) is 0 Å². The van der Waals surface area contributed by atoms with E-state index >= 15 is 0 Å². The Morgan fingerprint density at radius 3 is 2.32 bits per heavy atom. The second-order valence-electron chi connectivity index (χ2n) is 4.58. The molecule has 0 aromatic heterocycles. The molecule has 0 fully saturated rings. The largest absolute Gasteiger partial charge is 0.418 e.